The number of hydrogen-bond donors (Lipinski definition) is 1. The predicted molar refractivity (Wildman–Crippen MR) is 72.3 cm³/mol. The van der Waals surface area contributed by atoms with E-state index in [0.29, 0.717) is 6.04 Å². The van der Waals surface area contributed by atoms with Crippen LogP contribution in [0.5, 0.6) is 0 Å². The molecule has 1 unspecified atom stereocenters. The minimum absolute atomic E-state index is 0.547. The Bertz CT molecular complexity index is 226. The van der Waals surface area contributed by atoms with Gasteiger partial charge >= 0.3 is 5.97 Å². The van der Waals surface area contributed by atoms with Crippen LogP contribution in [0.1, 0.15) is 60.3 Å². The summed E-state index contributed by atoms with van der Waals surface area (Å²) in [5.74, 6) is -0.697. The molecule has 1 atom stereocenters. The Morgan fingerprint density at radius 3 is 2.29 bits per heavy atom. The molecule has 0 fully saturated rings. The van der Waals surface area contributed by atoms with Gasteiger partial charge in [-0.05, 0) is 53.1 Å². The van der Waals surface area contributed by atoms with Crippen molar-refractivity contribution in [2.75, 3.05) is 13.1 Å². The van der Waals surface area contributed by atoms with E-state index in [1.54, 1.807) is 0 Å². The first-order chi connectivity index (χ1) is 7.85. The highest BCUT2D eigenvalue weighted by atomic mass is 16.4. The second-order valence-electron chi connectivity index (χ2n) is 5.59. The SMILES string of the molecule is CCCCN(CCC(C)(C)C(=O)O)C(C)CC. The lowest BCUT2D eigenvalue weighted by atomic mass is 9.89. The maximum atomic E-state index is 11.1. The van der Waals surface area contributed by atoms with Gasteiger partial charge in [0.05, 0.1) is 5.41 Å². The Labute approximate surface area is 106 Å². The topological polar surface area (TPSA) is 40.5 Å². The minimum Gasteiger partial charge on any atom is -0.481 e. The molecule has 0 saturated carbocycles. The van der Waals surface area contributed by atoms with Crippen LogP contribution in [0.25, 0.3) is 0 Å². The molecule has 0 amide bonds. The quantitative estimate of drug-likeness (QED) is 0.675. The number of unbranched alkanes of at least 4 members (excludes halogenated alkanes) is 1. The van der Waals surface area contributed by atoms with Crippen LogP contribution in [-0.2, 0) is 4.79 Å². The van der Waals surface area contributed by atoms with E-state index < -0.39 is 11.4 Å². The molecular weight excluding hydrogens is 214 g/mol. The fourth-order valence-electron chi connectivity index (χ4n) is 1.70. The van der Waals surface area contributed by atoms with E-state index in [1.807, 2.05) is 13.8 Å². The first-order valence-electron chi connectivity index (χ1n) is 6.82. The Kier molecular flexibility index (Phi) is 7.44. The van der Waals surface area contributed by atoms with Crippen LogP contribution in [0.4, 0.5) is 0 Å². The van der Waals surface area contributed by atoms with Gasteiger partial charge in [-0.2, -0.15) is 0 Å². The van der Waals surface area contributed by atoms with Crippen LogP contribution in [0.2, 0.25) is 0 Å². The summed E-state index contributed by atoms with van der Waals surface area (Å²) in [4.78, 5) is 13.5. The van der Waals surface area contributed by atoms with Gasteiger partial charge in [0.15, 0.2) is 0 Å². The van der Waals surface area contributed by atoms with E-state index in [4.69, 9.17) is 5.11 Å². The van der Waals surface area contributed by atoms with Crippen molar-refractivity contribution >= 4 is 5.97 Å². The Hall–Kier alpha value is -0.570. The zero-order valence-corrected chi connectivity index (χ0v) is 12.1. The number of rotatable bonds is 9. The van der Waals surface area contributed by atoms with E-state index in [2.05, 4.69) is 25.7 Å². The van der Waals surface area contributed by atoms with Crippen molar-refractivity contribution in [3.8, 4) is 0 Å². The second-order valence-corrected chi connectivity index (χ2v) is 5.59. The van der Waals surface area contributed by atoms with E-state index in [1.165, 1.54) is 12.8 Å². The zero-order valence-electron chi connectivity index (χ0n) is 12.1. The van der Waals surface area contributed by atoms with Crippen LogP contribution >= 0.6 is 0 Å². The van der Waals surface area contributed by atoms with Crippen molar-refractivity contribution in [2.24, 2.45) is 5.41 Å². The molecule has 0 spiro atoms. The Morgan fingerprint density at radius 2 is 1.88 bits per heavy atom. The smallest absolute Gasteiger partial charge is 0.309 e. The molecule has 0 aromatic carbocycles. The van der Waals surface area contributed by atoms with Gasteiger partial charge in [0.2, 0.25) is 0 Å². The molecule has 0 aromatic rings. The van der Waals surface area contributed by atoms with E-state index in [-0.39, 0.29) is 0 Å². The van der Waals surface area contributed by atoms with Crippen LogP contribution < -0.4 is 0 Å². The molecule has 3 heteroatoms. The monoisotopic (exact) mass is 243 g/mol. The summed E-state index contributed by atoms with van der Waals surface area (Å²) in [5.41, 5.74) is -0.613. The van der Waals surface area contributed by atoms with Crippen molar-refractivity contribution < 1.29 is 9.90 Å². The summed E-state index contributed by atoms with van der Waals surface area (Å²) in [5, 5.41) is 9.11. The van der Waals surface area contributed by atoms with Crippen LogP contribution in [0.15, 0.2) is 0 Å². The standard InChI is InChI=1S/C14H29NO2/c1-6-8-10-15(12(3)7-2)11-9-14(4,5)13(16)17/h12H,6-11H2,1-5H3,(H,16,17). The number of carboxylic acid groups (broad SMARTS) is 1. The zero-order chi connectivity index (χ0) is 13.5. The summed E-state index contributed by atoms with van der Waals surface area (Å²) in [7, 11) is 0. The molecule has 0 bridgehead atoms. The second kappa shape index (κ2) is 7.70. The van der Waals surface area contributed by atoms with Gasteiger partial charge in [-0.25, -0.2) is 0 Å². The average molecular weight is 243 g/mol. The van der Waals surface area contributed by atoms with E-state index >= 15 is 0 Å². The van der Waals surface area contributed by atoms with Crippen molar-refractivity contribution in [1.29, 1.82) is 0 Å². The number of hydrogen-bond acceptors (Lipinski definition) is 2. The summed E-state index contributed by atoms with van der Waals surface area (Å²) in [6.07, 6.45) is 4.22. The fraction of sp³-hybridized carbons (Fsp3) is 0.929. The molecule has 0 aliphatic carbocycles. The van der Waals surface area contributed by atoms with Gasteiger partial charge in [0.1, 0.15) is 0 Å². The van der Waals surface area contributed by atoms with Gasteiger partial charge in [-0.3, -0.25) is 4.79 Å². The Balaban J connectivity index is 4.29. The molecule has 3 nitrogen and oxygen atoms in total. The third-order valence-corrected chi connectivity index (χ3v) is 3.62. The molecule has 0 heterocycles. The normalized spacial score (nSPS) is 14.0. The molecule has 0 radical (unpaired) electrons. The Morgan fingerprint density at radius 1 is 1.29 bits per heavy atom. The third-order valence-electron chi connectivity index (χ3n) is 3.62. The van der Waals surface area contributed by atoms with Gasteiger partial charge < -0.3 is 10.0 Å². The molecule has 0 aliphatic heterocycles. The molecule has 0 aromatic heterocycles. The highest BCUT2D eigenvalue weighted by Crippen LogP contribution is 2.22. The number of carbonyl (C=O) groups is 1. The van der Waals surface area contributed by atoms with Crippen molar-refractivity contribution in [2.45, 2.75) is 66.3 Å². The van der Waals surface area contributed by atoms with Crippen LogP contribution in [0.3, 0.4) is 0 Å². The maximum Gasteiger partial charge on any atom is 0.309 e. The van der Waals surface area contributed by atoms with Crippen LogP contribution in [-0.4, -0.2) is 35.1 Å². The van der Waals surface area contributed by atoms with E-state index in [9.17, 15) is 4.79 Å². The minimum atomic E-state index is -0.697. The lowest BCUT2D eigenvalue weighted by molar-refractivity contribution is -0.147. The molecule has 0 aliphatic rings. The molecular formula is C14H29NO2. The molecule has 0 saturated heterocycles. The van der Waals surface area contributed by atoms with Gasteiger partial charge in [0, 0.05) is 6.04 Å². The third kappa shape index (κ3) is 6.06. The molecule has 17 heavy (non-hydrogen) atoms. The lowest BCUT2D eigenvalue weighted by Gasteiger charge is -2.31. The predicted octanol–water partition coefficient (Wildman–Crippen LogP) is 3.39. The highest BCUT2D eigenvalue weighted by Gasteiger charge is 2.28. The highest BCUT2D eigenvalue weighted by molar-refractivity contribution is 5.73. The number of carboxylic acids is 1. The average Bonchev–Trinajstić information content (AvgIpc) is 2.28. The molecule has 102 valence electrons. The number of aliphatic carboxylic acids is 1. The van der Waals surface area contributed by atoms with Gasteiger partial charge in [0.25, 0.3) is 0 Å². The summed E-state index contributed by atoms with van der Waals surface area (Å²) >= 11 is 0. The first-order valence-corrected chi connectivity index (χ1v) is 6.82. The molecule has 1 N–H and O–H groups in total. The summed E-state index contributed by atoms with van der Waals surface area (Å²) in [6, 6.07) is 0.547. The lowest BCUT2D eigenvalue weighted by Crippen LogP contribution is -2.37. The van der Waals surface area contributed by atoms with Crippen LogP contribution in [0, 0.1) is 5.41 Å². The summed E-state index contributed by atoms with van der Waals surface area (Å²) in [6.45, 7) is 12.2. The van der Waals surface area contributed by atoms with Crippen molar-refractivity contribution in [1.82, 2.24) is 4.90 Å². The van der Waals surface area contributed by atoms with Gasteiger partial charge in [-0.1, -0.05) is 20.3 Å². The fourth-order valence-corrected chi connectivity index (χ4v) is 1.70. The van der Waals surface area contributed by atoms with E-state index in [0.717, 1.165) is 25.9 Å². The summed E-state index contributed by atoms with van der Waals surface area (Å²) < 4.78 is 0. The number of nitrogens with zero attached hydrogens (tertiary/aromatic N) is 1. The van der Waals surface area contributed by atoms with Crippen molar-refractivity contribution in [3.05, 3.63) is 0 Å². The largest absolute Gasteiger partial charge is 0.481 e. The maximum absolute atomic E-state index is 11.1. The first kappa shape index (κ1) is 16.4. The van der Waals surface area contributed by atoms with Gasteiger partial charge in [-0.15, -0.1) is 0 Å². The van der Waals surface area contributed by atoms with Crippen molar-refractivity contribution in [3.63, 3.8) is 0 Å². The molecule has 0 rings (SSSR count).